The van der Waals surface area contributed by atoms with Crippen LogP contribution in [0.25, 0.3) is 0 Å². The number of aliphatic hydroxyl groups excluding tert-OH is 1. The minimum Gasteiger partial charge on any atom is -0.482 e. The average Bonchev–Trinajstić information content (AvgIpc) is 3.06. The van der Waals surface area contributed by atoms with Crippen LogP contribution in [0.2, 0.25) is 0 Å². The SMILES string of the molecule is CNC=C(OCc1cncn1Cc1ccccc1)C(N)=NC(C)CCO. The molecule has 0 fully saturated rings. The predicted octanol–water partition coefficient (Wildman–Crippen LogP) is 1.64. The van der Waals surface area contributed by atoms with E-state index in [9.17, 15) is 0 Å². The van der Waals surface area contributed by atoms with Crippen molar-refractivity contribution in [3.05, 3.63) is 66.1 Å². The molecule has 0 saturated carbocycles. The highest BCUT2D eigenvalue weighted by Crippen LogP contribution is 2.10. The molecule has 7 nitrogen and oxygen atoms in total. The van der Waals surface area contributed by atoms with Gasteiger partial charge in [-0.25, -0.2) is 4.98 Å². The first-order chi connectivity index (χ1) is 12.6. The summed E-state index contributed by atoms with van der Waals surface area (Å²) in [4.78, 5) is 8.57. The summed E-state index contributed by atoms with van der Waals surface area (Å²) in [6.45, 7) is 3.02. The number of aromatic nitrogens is 2. The molecule has 0 bridgehead atoms. The number of benzene rings is 1. The van der Waals surface area contributed by atoms with Gasteiger partial charge in [-0.1, -0.05) is 30.3 Å². The Bertz CT molecular complexity index is 725. The van der Waals surface area contributed by atoms with E-state index < -0.39 is 0 Å². The van der Waals surface area contributed by atoms with Crippen LogP contribution < -0.4 is 11.1 Å². The predicted molar refractivity (Wildman–Crippen MR) is 102 cm³/mol. The first-order valence-electron chi connectivity index (χ1n) is 8.61. The fraction of sp³-hybridized carbons (Fsp3) is 0.368. The number of aliphatic hydroxyl groups is 1. The second kappa shape index (κ2) is 10.2. The van der Waals surface area contributed by atoms with Gasteiger partial charge in [0.05, 0.1) is 24.3 Å². The Labute approximate surface area is 154 Å². The maximum atomic E-state index is 8.99. The molecule has 1 atom stereocenters. The Morgan fingerprint density at radius 2 is 2.19 bits per heavy atom. The Morgan fingerprint density at radius 1 is 1.42 bits per heavy atom. The van der Waals surface area contributed by atoms with Crippen LogP contribution >= 0.6 is 0 Å². The molecule has 4 N–H and O–H groups in total. The van der Waals surface area contributed by atoms with E-state index in [1.165, 1.54) is 5.56 Å². The molecule has 0 amide bonds. The van der Waals surface area contributed by atoms with Crippen molar-refractivity contribution in [2.45, 2.75) is 32.5 Å². The molecule has 0 aliphatic carbocycles. The number of aliphatic imine (C=N–C) groups is 1. The van der Waals surface area contributed by atoms with Gasteiger partial charge in [0.2, 0.25) is 0 Å². The number of hydrogen-bond donors (Lipinski definition) is 3. The fourth-order valence-electron chi connectivity index (χ4n) is 2.42. The summed E-state index contributed by atoms with van der Waals surface area (Å²) in [6, 6.07) is 10.1. The lowest BCUT2D eigenvalue weighted by Crippen LogP contribution is -2.22. The number of hydrogen-bond acceptors (Lipinski definition) is 5. The maximum Gasteiger partial charge on any atom is 0.177 e. The minimum atomic E-state index is -0.0764. The van der Waals surface area contributed by atoms with Crippen molar-refractivity contribution in [1.29, 1.82) is 0 Å². The number of imidazole rings is 1. The molecule has 0 radical (unpaired) electrons. The average molecular weight is 357 g/mol. The molecule has 0 spiro atoms. The van der Waals surface area contributed by atoms with Crippen molar-refractivity contribution in [1.82, 2.24) is 14.9 Å². The van der Waals surface area contributed by atoms with Crippen LogP contribution in [0, 0.1) is 0 Å². The van der Waals surface area contributed by atoms with Gasteiger partial charge in [0, 0.05) is 26.4 Å². The van der Waals surface area contributed by atoms with Gasteiger partial charge in [-0.3, -0.25) is 4.99 Å². The van der Waals surface area contributed by atoms with Gasteiger partial charge in [0.25, 0.3) is 0 Å². The normalized spacial score (nSPS) is 13.5. The highest BCUT2D eigenvalue weighted by molar-refractivity contribution is 5.95. The quantitative estimate of drug-likeness (QED) is 0.341. The highest BCUT2D eigenvalue weighted by Gasteiger charge is 2.10. The van der Waals surface area contributed by atoms with E-state index in [0.717, 1.165) is 12.2 Å². The third-order valence-corrected chi connectivity index (χ3v) is 3.80. The smallest absolute Gasteiger partial charge is 0.177 e. The zero-order chi connectivity index (χ0) is 18.8. The fourth-order valence-corrected chi connectivity index (χ4v) is 2.42. The maximum absolute atomic E-state index is 8.99. The molecule has 26 heavy (non-hydrogen) atoms. The molecular formula is C19H27N5O2. The molecule has 0 saturated heterocycles. The third kappa shape index (κ3) is 5.93. The standard InChI is InChI=1S/C19H27N5O2/c1-15(8-9-25)23-19(20)18(11-21-2)26-13-17-10-22-14-24(17)12-16-6-4-3-5-7-16/h3-7,10-11,14-15,21,25H,8-9,12-13H2,1-2H3,(H2,20,23). The van der Waals surface area contributed by atoms with Gasteiger partial charge in [0.15, 0.2) is 11.6 Å². The Balaban J connectivity index is 2.04. The molecule has 0 aliphatic heterocycles. The van der Waals surface area contributed by atoms with Crippen LogP contribution in [0.1, 0.15) is 24.6 Å². The molecule has 140 valence electrons. The van der Waals surface area contributed by atoms with Crippen LogP contribution in [0.4, 0.5) is 0 Å². The van der Waals surface area contributed by atoms with Gasteiger partial charge in [-0.15, -0.1) is 0 Å². The van der Waals surface area contributed by atoms with Crippen molar-refractivity contribution >= 4 is 5.84 Å². The van der Waals surface area contributed by atoms with E-state index in [4.69, 9.17) is 15.6 Å². The first kappa shape index (κ1) is 19.5. The van der Waals surface area contributed by atoms with Crippen LogP contribution in [-0.4, -0.2) is 40.2 Å². The zero-order valence-electron chi connectivity index (χ0n) is 15.3. The Kier molecular flexibility index (Phi) is 7.70. The Morgan fingerprint density at radius 3 is 2.88 bits per heavy atom. The van der Waals surface area contributed by atoms with E-state index in [1.807, 2.05) is 29.7 Å². The number of nitrogens with two attached hydrogens (primary N) is 1. The molecule has 1 heterocycles. The topological polar surface area (TPSA) is 97.7 Å². The molecule has 0 aliphatic rings. The lowest BCUT2D eigenvalue weighted by atomic mass is 10.2. The Hall–Kier alpha value is -2.80. The molecule has 1 aromatic heterocycles. The molecule has 7 heteroatoms. The number of rotatable bonds is 10. The lowest BCUT2D eigenvalue weighted by Gasteiger charge is -2.13. The first-order valence-corrected chi connectivity index (χ1v) is 8.61. The highest BCUT2D eigenvalue weighted by atomic mass is 16.5. The zero-order valence-corrected chi connectivity index (χ0v) is 15.3. The second-order valence-electron chi connectivity index (χ2n) is 5.96. The van der Waals surface area contributed by atoms with E-state index >= 15 is 0 Å². The van der Waals surface area contributed by atoms with Gasteiger partial charge >= 0.3 is 0 Å². The summed E-state index contributed by atoms with van der Waals surface area (Å²) in [6.07, 6.45) is 5.79. The molecule has 2 rings (SSSR count). The van der Waals surface area contributed by atoms with Crippen LogP contribution in [0.3, 0.4) is 0 Å². The second-order valence-corrected chi connectivity index (χ2v) is 5.96. The third-order valence-electron chi connectivity index (χ3n) is 3.80. The summed E-state index contributed by atoms with van der Waals surface area (Å²) >= 11 is 0. The summed E-state index contributed by atoms with van der Waals surface area (Å²) in [5.74, 6) is 0.763. The van der Waals surface area contributed by atoms with Crippen LogP contribution in [0.5, 0.6) is 0 Å². The number of nitrogens with one attached hydrogen (secondary N) is 1. The lowest BCUT2D eigenvalue weighted by molar-refractivity contribution is 0.208. The monoisotopic (exact) mass is 357 g/mol. The van der Waals surface area contributed by atoms with E-state index in [0.29, 0.717) is 24.6 Å². The summed E-state index contributed by atoms with van der Waals surface area (Å²) < 4.78 is 7.90. The van der Waals surface area contributed by atoms with Gasteiger partial charge in [-0.05, 0) is 18.9 Å². The molecule has 1 aromatic carbocycles. The molecule has 1 unspecified atom stereocenters. The van der Waals surface area contributed by atoms with Crippen LogP contribution in [0.15, 0.2) is 59.8 Å². The summed E-state index contributed by atoms with van der Waals surface area (Å²) in [7, 11) is 1.77. The van der Waals surface area contributed by atoms with Crippen LogP contribution in [-0.2, 0) is 17.9 Å². The van der Waals surface area contributed by atoms with E-state index in [-0.39, 0.29) is 12.6 Å². The summed E-state index contributed by atoms with van der Waals surface area (Å²) in [5.41, 5.74) is 8.18. The van der Waals surface area contributed by atoms with Gasteiger partial charge in [-0.2, -0.15) is 0 Å². The minimum absolute atomic E-state index is 0.0720. The van der Waals surface area contributed by atoms with E-state index in [1.54, 1.807) is 25.8 Å². The number of amidine groups is 1. The molecular weight excluding hydrogens is 330 g/mol. The number of nitrogens with zero attached hydrogens (tertiary/aromatic N) is 3. The molecule has 2 aromatic rings. The van der Waals surface area contributed by atoms with Crippen molar-refractivity contribution in [2.75, 3.05) is 13.7 Å². The van der Waals surface area contributed by atoms with Gasteiger partial charge in [0.1, 0.15) is 6.61 Å². The van der Waals surface area contributed by atoms with E-state index in [2.05, 4.69) is 27.4 Å². The van der Waals surface area contributed by atoms with Crippen molar-refractivity contribution in [3.8, 4) is 0 Å². The number of ether oxygens (including phenoxy) is 1. The van der Waals surface area contributed by atoms with Gasteiger partial charge < -0.3 is 25.5 Å². The van der Waals surface area contributed by atoms with Crippen molar-refractivity contribution in [3.63, 3.8) is 0 Å². The van der Waals surface area contributed by atoms with Crippen molar-refractivity contribution in [2.24, 2.45) is 10.7 Å². The van der Waals surface area contributed by atoms with Crippen molar-refractivity contribution < 1.29 is 9.84 Å². The largest absolute Gasteiger partial charge is 0.482 e. The summed E-state index contributed by atoms with van der Waals surface area (Å²) in [5, 5.41) is 11.9.